The van der Waals surface area contributed by atoms with Crippen LogP contribution >= 0.6 is 0 Å². The lowest BCUT2D eigenvalue weighted by atomic mass is 10.2. The van der Waals surface area contributed by atoms with E-state index < -0.39 is 0 Å². The van der Waals surface area contributed by atoms with Gasteiger partial charge in [0.2, 0.25) is 5.91 Å². The first-order valence-corrected chi connectivity index (χ1v) is 7.38. The molecule has 2 aromatic heterocycles. The Kier molecular flexibility index (Phi) is 3.93. The van der Waals surface area contributed by atoms with Crippen molar-refractivity contribution in [1.82, 2.24) is 24.6 Å². The first kappa shape index (κ1) is 14.7. The number of aliphatic hydroxyl groups is 1. The van der Waals surface area contributed by atoms with E-state index in [1.54, 1.807) is 29.9 Å². The molecule has 0 saturated carbocycles. The Hall–Kier alpha value is -2.22. The van der Waals surface area contributed by atoms with Gasteiger partial charge in [0, 0.05) is 20.6 Å². The van der Waals surface area contributed by atoms with E-state index >= 15 is 0 Å². The normalized spacial score (nSPS) is 18.1. The molecule has 1 aliphatic heterocycles. The highest BCUT2D eigenvalue weighted by atomic mass is 16.3. The minimum atomic E-state index is -0.186. The van der Waals surface area contributed by atoms with Gasteiger partial charge < -0.3 is 14.9 Å². The van der Waals surface area contributed by atoms with Gasteiger partial charge in [-0.05, 0) is 12.8 Å². The number of fused-ring (bicyclic) bond motifs is 1. The highest BCUT2D eigenvalue weighted by Gasteiger charge is 2.33. The number of anilines is 1. The molecule has 0 aromatic carbocycles. The molecule has 0 radical (unpaired) electrons. The monoisotopic (exact) mass is 304 g/mol. The molecule has 1 aliphatic rings. The third kappa shape index (κ3) is 2.39. The van der Waals surface area contributed by atoms with E-state index in [0.717, 1.165) is 30.6 Å². The van der Waals surface area contributed by atoms with Crippen molar-refractivity contribution in [3.63, 3.8) is 0 Å². The lowest BCUT2D eigenvalue weighted by Crippen LogP contribution is -2.43. The molecule has 1 saturated heterocycles. The lowest BCUT2D eigenvalue weighted by Gasteiger charge is -2.27. The number of nitrogens with zero attached hydrogens (tertiary/aromatic N) is 6. The molecule has 22 heavy (non-hydrogen) atoms. The molecule has 1 N–H and O–H groups in total. The van der Waals surface area contributed by atoms with Crippen molar-refractivity contribution in [1.29, 1.82) is 0 Å². The number of aliphatic hydroxyl groups excluding tert-OH is 1. The summed E-state index contributed by atoms with van der Waals surface area (Å²) in [5, 5.41) is 14.2. The minimum absolute atomic E-state index is 0.00156. The predicted octanol–water partition coefficient (Wildman–Crippen LogP) is -0.124. The number of likely N-dealkylation sites (N-methyl/N-ethyl adjacent to an activating group) is 1. The molecule has 1 amide bonds. The highest BCUT2D eigenvalue weighted by Crippen LogP contribution is 2.29. The van der Waals surface area contributed by atoms with E-state index in [2.05, 4.69) is 15.1 Å². The van der Waals surface area contributed by atoms with Gasteiger partial charge in [0.1, 0.15) is 18.2 Å². The average molecular weight is 304 g/mol. The maximum absolute atomic E-state index is 12.4. The van der Waals surface area contributed by atoms with Crippen LogP contribution in [0.1, 0.15) is 12.8 Å². The van der Waals surface area contributed by atoms with Gasteiger partial charge in [0.05, 0.1) is 24.7 Å². The fraction of sp³-hybridized carbons (Fsp3) is 0.571. The van der Waals surface area contributed by atoms with Crippen LogP contribution in [0.4, 0.5) is 5.82 Å². The molecule has 0 aliphatic carbocycles. The van der Waals surface area contributed by atoms with Crippen molar-refractivity contribution in [3.05, 3.63) is 12.5 Å². The van der Waals surface area contributed by atoms with Gasteiger partial charge in [0.15, 0.2) is 5.65 Å². The van der Waals surface area contributed by atoms with E-state index in [4.69, 9.17) is 5.11 Å². The number of rotatable bonds is 4. The zero-order valence-electron chi connectivity index (χ0n) is 12.8. The van der Waals surface area contributed by atoms with Crippen LogP contribution in [0.25, 0.3) is 11.0 Å². The van der Waals surface area contributed by atoms with Crippen LogP contribution in [0, 0.1) is 0 Å². The minimum Gasteiger partial charge on any atom is -0.394 e. The summed E-state index contributed by atoms with van der Waals surface area (Å²) in [7, 11) is 3.54. The fourth-order valence-corrected chi connectivity index (χ4v) is 2.94. The number of carbonyl (C=O) groups excluding carboxylic acids is 1. The number of hydrogen-bond acceptors (Lipinski definition) is 6. The third-order valence-corrected chi connectivity index (χ3v) is 3.98. The second-order valence-corrected chi connectivity index (χ2v) is 5.61. The smallest absolute Gasteiger partial charge is 0.244 e. The first-order chi connectivity index (χ1) is 10.6. The van der Waals surface area contributed by atoms with Crippen LogP contribution in [0.15, 0.2) is 12.5 Å². The molecule has 118 valence electrons. The van der Waals surface area contributed by atoms with Crippen molar-refractivity contribution in [2.24, 2.45) is 0 Å². The Morgan fingerprint density at radius 2 is 2.27 bits per heavy atom. The Bertz CT molecular complexity index is 683. The molecule has 1 atom stereocenters. The maximum Gasteiger partial charge on any atom is 0.244 e. The molecule has 1 fully saturated rings. The Morgan fingerprint density at radius 1 is 1.45 bits per heavy atom. The summed E-state index contributed by atoms with van der Waals surface area (Å²) in [6.07, 6.45) is 4.98. The van der Waals surface area contributed by atoms with Crippen LogP contribution in [0.5, 0.6) is 0 Å². The van der Waals surface area contributed by atoms with Gasteiger partial charge >= 0.3 is 0 Å². The summed E-state index contributed by atoms with van der Waals surface area (Å²) in [5.41, 5.74) is 0.682. The Morgan fingerprint density at radius 3 is 3.00 bits per heavy atom. The summed E-state index contributed by atoms with van der Waals surface area (Å²) in [6.45, 7) is 1.18. The van der Waals surface area contributed by atoms with Crippen molar-refractivity contribution in [2.45, 2.75) is 25.4 Å². The van der Waals surface area contributed by atoms with Crippen LogP contribution in [0.2, 0.25) is 0 Å². The SMILES string of the molecule is CN(C)C(=O)[C@@H]1CCCN1c1ncnc2c1cnn2CCO. The summed E-state index contributed by atoms with van der Waals surface area (Å²) in [6, 6.07) is -0.186. The molecular weight excluding hydrogens is 284 g/mol. The maximum atomic E-state index is 12.4. The molecule has 3 rings (SSSR count). The molecule has 0 spiro atoms. The van der Waals surface area contributed by atoms with E-state index in [1.807, 2.05) is 4.90 Å². The zero-order chi connectivity index (χ0) is 15.7. The van der Waals surface area contributed by atoms with Gasteiger partial charge in [0.25, 0.3) is 0 Å². The van der Waals surface area contributed by atoms with Crippen LogP contribution < -0.4 is 4.90 Å². The van der Waals surface area contributed by atoms with E-state index in [9.17, 15) is 4.79 Å². The van der Waals surface area contributed by atoms with Crippen molar-refractivity contribution in [3.8, 4) is 0 Å². The van der Waals surface area contributed by atoms with Gasteiger partial charge in [-0.25, -0.2) is 14.6 Å². The van der Waals surface area contributed by atoms with Crippen molar-refractivity contribution >= 4 is 22.8 Å². The van der Waals surface area contributed by atoms with E-state index in [-0.39, 0.29) is 18.6 Å². The second kappa shape index (κ2) is 5.88. The molecule has 0 unspecified atom stereocenters. The fourth-order valence-electron chi connectivity index (χ4n) is 2.94. The average Bonchev–Trinajstić information content (AvgIpc) is 3.13. The summed E-state index contributed by atoms with van der Waals surface area (Å²) < 4.78 is 1.65. The molecule has 2 aromatic rings. The number of hydrogen-bond donors (Lipinski definition) is 1. The second-order valence-electron chi connectivity index (χ2n) is 5.61. The molecule has 0 bridgehead atoms. The Labute approximate surface area is 128 Å². The standard InChI is InChI=1S/C14H20N6O2/c1-18(2)14(22)11-4-3-5-19(11)12-10-8-17-20(6-7-21)13(10)16-9-15-12/h8-9,11,21H,3-7H2,1-2H3/t11-/m0/s1. The highest BCUT2D eigenvalue weighted by molar-refractivity contribution is 5.91. The molecule has 3 heterocycles. The largest absolute Gasteiger partial charge is 0.394 e. The van der Waals surface area contributed by atoms with Gasteiger partial charge in [-0.3, -0.25) is 4.79 Å². The predicted molar refractivity (Wildman–Crippen MR) is 81.5 cm³/mol. The quantitative estimate of drug-likeness (QED) is 0.847. The van der Waals surface area contributed by atoms with Gasteiger partial charge in [-0.1, -0.05) is 0 Å². The van der Waals surface area contributed by atoms with Crippen LogP contribution in [-0.2, 0) is 11.3 Å². The molecule has 8 heteroatoms. The summed E-state index contributed by atoms with van der Waals surface area (Å²) in [5.74, 6) is 0.832. The van der Waals surface area contributed by atoms with E-state index in [1.165, 1.54) is 6.33 Å². The zero-order valence-corrected chi connectivity index (χ0v) is 12.8. The summed E-state index contributed by atoms with van der Waals surface area (Å²) >= 11 is 0. The lowest BCUT2D eigenvalue weighted by molar-refractivity contribution is -0.129. The van der Waals surface area contributed by atoms with E-state index in [0.29, 0.717) is 12.2 Å². The first-order valence-electron chi connectivity index (χ1n) is 7.38. The van der Waals surface area contributed by atoms with Crippen molar-refractivity contribution < 1.29 is 9.90 Å². The third-order valence-electron chi connectivity index (χ3n) is 3.98. The van der Waals surface area contributed by atoms with Gasteiger partial charge in [-0.2, -0.15) is 5.10 Å². The molecule has 8 nitrogen and oxygen atoms in total. The van der Waals surface area contributed by atoms with Crippen LogP contribution in [0.3, 0.4) is 0 Å². The van der Waals surface area contributed by atoms with Crippen molar-refractivity contribution in [2.75, 3.05) is 32.1 Å². The number of carbonyl (C=O) groups is 1. The number of aromatic nitrogens is 4. The van der Waals surface area contributed by atoms with Gasteiger partial charge in [-0.15, -0.1) is 0 Å². The topological polar surface area (TPSA) is 87.4 Å². The summed E-state index contributed by atoms with van der Waals surface area (Å²) in [4.78, 5) is 24.7. The molecular formula is C14H20N6O2. The Balaban J connectivity index is 2.00. The number of amides is 1. The van der Waals surface area contributed by atoms with Crippen LogP contribution in [-0.4, -0.2) is 69.0 Å².